The van der Waals surface area contributed by atoms with Crippen molar-refractivity contribution in [3.05, 3.63) is 57.1 Å². The molecule has 0 unspecified atom stereocenters. The first-order chi connectivity index (χ1) is 11.5. The number of carbonyl (C=O) groups is 1. The van der Waals surface area contributed by atoms with Crippen LogP contribution in [0.1, 0.15) is 27.0 Å². The van der Waals surface area contributed by atoms with E-state index in [2.05, 4.69) is 21.2 Å². The van der Waals surface area contributed by atoms with Crippen molar-refractivity contribution < 1.29 is 13.2 Å². The molecule has 1 amide bonds. The summed E-state index contributed by atoms with van der Waals surface area (Å²) in [5.41, 5.74) is 4.07. The second-order valence-corrected chi connectivity index (χ2v) is 9.14. The summed E-state index contributed by atoms with van der Waals surface area (Å²) >= 11 is 3.24. The van der Waals surface area contributed by atoms with E-state index in [0.717, 1.165) is 26.7 Å². The predicted octanol–water partition coefficient (Wildman–Crippen LogP) is 3.88. The van der Waals surface area contributed by atoms with E-state index in [1.807, 2.05) is 32.9 Å². The first-order valence-corrected chi connectivity index (χ1v) is 9.88. The quantitative estimate of drug-likeness (QED) is 0.809. The van der Waals surface area contributed by atoms with Crippen LogP contribution in [0.5, 0.6) is 0 Å². The van der Waals surface area contributed by atoms with Crippen molar-refractivity contribution in [1.82, 2.24) is 4.31 Å². The number of anilines is 1. The zero-order valence-electron chi connectivity index (χ0n) is 14.8. The number of halogens is 1. The Morgan fingerprint density at radius 2 is 1.60 bits per heavy atom. The fraction of sp³-hybridized carbons (Fsp3) is 0.278. The lowest BCUT2D eigenvalue weighted by Crippen LogP contribution is -2.23. The summed E-state index contributed by atoms with van der Waals surface area (Å²) in [6.45, 7) is 5.86. The molecule has 5 nitrogen and oxygen atoms in total. The van der Waals surface area contributed by atoms with Crippen molar-refractivity contribution in [2.24, 2.45) is 0 Å². The lowest BCUT2D eigenvalue weighted by molar-refractivity contribution is 0.102. The molecule has 0 heterocycles. The Morgan fingerprint density at radius 1 is 1.04 bits per heavy atom. The lowest BCUT2D eigenvalue weighted by Gasteiger charge is -2.15. The van der Waals surface area contributed by atoms with E-state index in [4.69, 9.17) is 0 Å². The fourth-order valence-corrected chi connectivity index (χ4v) is 4.45. The highest BCUT2D eigenvalue weighted by atomic mass is 79.9. The molecule has 0 aliphatic heterocycles. The van der Waals surface area contributed by atoms with E-state index in [-0.39, 0.29) is 16.4 Å². The van der Waals surface area contributed by atoms with Crippen LogP contribution in [0.2, 0.25) is 0 Å². The van der Waals surface area contributed by atoms with E-state index in [0.29, 0.717) is 4.47 Å². The first-order valence-electron chi connectivity index (χ1n) is 7.65. The Balaban J connectivity index is 2.42. The van der Waals surface area contributed by atoms with Gasteiger partial charge >= 0.3 is 0 Å². The van der Waals surface area contributed by atoms with Crippen LogP contribution in [0.15, 0.2) is 39.7 Å². The van der Waals surface area contributed by atoms with Gasteiger partial charge in [0.1, 0.15) is 0 Å². The molecule has 0 atom stereocenters. The van der Waals surface area contributed by atoms with Crippen LogP contribution in [0.4, 0.5) is 5.69 Å². The van der Waals surface area contributed by atoms with Gasteiger partial charge in [0, 0.05) is 29.8 Å². The molecule has 0 aliphatic rings. The average Bonchev–Trinajstić information content (AvgIpc) is 2.50. The van der Waals surface area contributed by atoms with E-state index in [1.54, 1.807) is 12.1 Å². The third-order valence-corrected chi connectivity index (χ3v) is 6.68. The summed E-state index contributed by atoms with van der Waals surface area (Å²) in [7, 11) is -0.748. The standard InChI is InChI=1S/C18H21BrN2O3S/c1-11-8-12(2)17(13(3)9-11)20-18(22)14-6-7-15(19)16(10-14)25(23,24)21(4)5/h6-10H,1-5H3,(H,20,22). The third kappa shape index (κ3) is 4.11. The summed E-state index contributed by atoms with van der Waals surface area (Å²) in [5.74, 6) is -0.349. The maximum atomic E-state index is 12.6. The van der Waals surface area contributed by atoms with Gasteiger partial charge in [-0.25, -0.2) is 12.7 Å². The highest BCUT2D eigenvalue weighted by Crippen LogP contribution is 2.27. The molecule has 0 saturated heterocycles. The largest absolute Gasteiger partial charge is 0.322 e. The Kier molecular flexibility index (Phi) is 5.71. The predicted molar refractivity (Wildman–Crippen MR) is 104 cm³/mol. The van der Waals surface area contributed by atoms with Gasteiger partial charge < -0.3 is 5.32 Å². The zero-order valence-corrected chi connectivity index (χ0v) is 17.2. The van der Waals surface area contributed by atoms with E-state index < -0.39 is 10.0 Å². The SMILES string of the molecule is Cc1cc(C)c(NC(=O)c2ccc(Br)c(S(=O)(=O)N(C)C)c2)c(C)c1. The number of aryl methyl sites for hydroxylation is 3. The van der Waals surface area contributed by atoms with Crippen LogP contribution in [0.3, 0.4) is 0 Å². The minimum Gasteiger partial charge on any atom is -0.322 e. The smallest absolute Gasteiger partial charge is 0.255 e. The first kappa shape index (κ1) is 19.6. The molecular weight excluding hydrogens is 404 g/mol. The minimum absolute atomic E-state index is 0.0579. The van der Waals surface area contributed by atoms with E-state index >= 15 is 0 Å². The molecule has 0 radical (unpaired) electrons. The second-order valence-electron chi connectivity index (χ2n) is 6.16. The molecule has 2 rings (SSSR count). The summed E-state index contributed by atoms with van der Waals surface area (Å²) < 4.78 is 26.3. The van der Waals surface area contributed by atoms with Crippen molar-refractivity contribution in [2.45, 2.75) is 25.7 Å². The van der Waals surface area contributed by atoms with Gasteiger partial charge in [-0.2, -0.15) is 0 Å². The Labute approximate surface area is 157 Å². The number of sulfonamides is 1. The van der Waals surface area contributed by atoms with E-state index in [1.165, 1.54) is 20.2 Å². The highest BCUT2D eigenvalue weighted by molar-refractivity contribution is 9.10. The topological polar surface area (TPSA) is 66.5 Å². The maximum absolute atomic E-state index is 12.6. The number of amides is 1. The summed E-state index contributed by atoms with van der Waals surface area (Å²) in [6.07, 6.45) is 0. The number of rotatable bonds is 4. The van der Waals surface area contributed by atoms with Gasteiger partial charge in [0.15, 0.2) is 0 Å². The normalized spacial score (nSPS) is 11.6. The average molecular weight is 425 g/mol. The highest BCUT2D eigenvalue weighted by Gasteiger charge is 2.22. The van der Waals surface area contributed by atoms with Crippen LogP contribution in [-0.2, 0) is 10.0 Å². The van der Waals surface area contributed by atoms with Crippen molar-refractivity contribution in [2.75, 3.05) is 19.4 Å². The second kappa shape index (κ2) is 7.27. The van der Waals surface area contributed by atoms with Crippen molar-refractivity contribution >= 4 is 37.5 Å². The Morgan fingerprint density at radius 3 is 2.12 bits per heavy atom. The van der Waals surface area contributed by atoms with Crippen LogP contribution in [0, 0.1) is 20.8 Å². The lowest BCUT2D eigenvalue weighted by atomic mass is 10.0. The third-order valence-electron chi connectivity index (χ3n) is 3.87. The van der Waals surface area contributed by atoms with Crippen LogP contribution < -0.4 is 5.32 Å². The number of carbonyl (C=O) groups excluding carboxylic acids is 1. The molecule has 0 saturated carbocycles. The van der Waals surface area contributed by atoms with Crippen molar-refractivity contribution in [1.29, 1.82) is 0 Å². The number of hydrogen-bond donors (Lipinski definition) is 1. The van der Waals surface area contributed by atoms with Gasteiger partial charge in [-0.1, -0.05) is 17.7 Å². The molecule has 0 aliphatic carbocycles. The summed E-state index contributed by atoms with van der Waals surface area (Å²) in [4.78, 5) is 12.7. The number of nitrogens with one attached hydrogen (secondary N) is 1. The molecule has 7 heteroatoms. The van der Waals surface area contributed by atoms with E-state index in [9.17, 15) is 13.2 Å². The van der Waals surface area contributed by atoms with Crippen molar-refractivity contribution in [3.63, 3.8) is 0 Å². The minimum atomic E-state index is -3.65. The molecule has 2 aromatic rings. The van der Waals surface area contributed by atoms with Gasteiger partial charge in [0.2, 0.25) is 10.0 Å². The van der Waals surface area contributed by atoms with Crippen LogP contribution in [0.25, 0.3) is 0 Å². The Hall–Kier alpha value is -1.70. The van der Waals surface area contributed by atoms with Crippen LogP contribution >= 0.6 is 15.9 Å². The molecule has 1 N–H and O–H groups in total. The number of benzene rings is 2. The van der Waals surface area contributed by atoms with Gasteiger partial charge in [0.25, 0.3) is 5.91 Å². The molecule has 134 valence electrons. The molecule has 0 aromatic heterocycles. The molecular formula is C18H21BrN2O3S. The molecule has 0 fully saturated rings. The van der Waals surface area contributed by atoms with Gasteiger partial charge in [-0.05, 0) is 66.0 Å². The maximum Gasteiger partial charge on any atom is 0.255 e. The molecule has 25 heavy (non-hydrogen) atoms. The van der Waals surface area contributed by atoms with Gasteiger partial charge in [-0.3, -0.25) is 4.79 Å². The number of hydrogen-bond acceptors (Lipinski definition) is 3. The van der Waals surface area contributed by atoms with Crippen molar-refractivity contribution in [3.8, 4) is 0 Å². The molecule has 2 aromatic carbocycles. The van der Waals surface area contributed by atoms with Gasteiger partial charge in [-0.15, -0.1) is 0 Å². The Bertz CT molecular complexity index is 914. The summed E-state index contributed by atoms with van der Waals surface area (Å²) in [6, 6.07) is 8.53. The molecule has 0 bridgehead atoms. The van der Waals surface area contributed by atoms with Gasteiger partial charge in [0.05, 0.1) is 4.90 Å². The zero-order chi connectivity index (χ0) is 18.9. The summed E-state index contributed by atoms with van der Waals surface area (Å²) in [5, 5.41) is 2.89. The fourth-order valence-electron chi connectivity index (χ4n) is 2.60. The molecule has 0 spiro atoms. The monoisotopic (exact) mass is 424 g/mol. The number of nitrogens with zero attached hydrogens (tertiary/aromatic N) is 1. The van der Waals surface area contributed by atoms with Crippen LogP contribution in [-0.4, -0.2) is 32.7 Å².